The van der Waals surface area contributed by atoms with Crippen LogP contribution in [0.4, 0.5) is 0 Å². The Bertz CT molecular complexity index is 553. The van der Waals surface area contributed by atoms with E-state index in [2.05, 4.69) is 38.6 Å². The highest BCUT2D eigenvalue weighted by atomic mass is 79.9. The fourth-order valence-corrected chi connectivity index (χ4v) is 3.36. The minimum atomic E-state index is -0.178. The van der Waals surface area contributed by atoms with Gasteiger partial charge in [0.15, 0.2) is 0 Å². The standard InChI is InChI=1S/C15H15BrN2O/c16-14-4-2-1-3-13(14)15(19)18-17-9-12-8-10-5-6-11(12)7-10/h1-6,9-12H,7-8H2,(H,18,19)/b17-9-/t10-,11+,12-/m1/s1. The van der Waals surface area contributed by atoms with Gasteiger partial charge in [-0.3, -0.25) is 4.79 Å². The lowest BCUT2D eigenvalue weighted by atomic mass is 9.95. The second-order valence-electron chi connectivity index (χ2n) is 5.14. The van der Waals surface area contributed by atoms with Gasteiger partial charge in [-0.25, -0.2) is 5.43 Å². The van der Waals surface area contributed by atoms with Gasteiger partial charge in [0.2, 0.25) is 0 Å². The van der Waals surface area contributed by atoms with Crippen molar-refractivity contribution in [2.45, 2.75) is 12.8 Å². The van der Waals surface area contributed by atoms with Crippen molar-refractivity contribution in [1.82, 2.24) is 5.43 Å². The summed E-state index contributed by atoms with van der Waals surface area (Å²) in [6, 6.07) is 7.34. The fourth-order valence-electron chi connectivity index (χ4n) is 2.89. The first-order valence-corrected chi connectivity index (χ1v) is 7.29. The molecule has 0 aromatic heterocycles. The third-order valence-electron chi connectivity index (χ3n) is 3.88. The van der Waals surface area contributed by atoms with E-state index in [4.69, 9.17) is 0 Å². The summed E-state index contributed by atoms with van der Waals surface area (Å²) in [5, 5.41) is 4.11. The molecule has 1 saturated carbocycles. The highest BCUT2D eigenvalue weighted by Gasteiger charge is 2.34. The average molecular weight is 319 g/mol. The van der Waals surface area contributed by atoms with Crippen LogP contribution in [0.15, 0.2) is 46.0 Å². The van der Waals surface area contributed by atoms with Crippen molar-refractivity contribution >= 4 is 28.1 Å². The summed E-state index contributed by atoms with van der Waals surface area (Å²) in [5.74, 6) is 1.64. The molecule has 98 valence electrons. The molecule has 0 radical (unpaired) electrons. The number of hydrogen-bond donors (Lipinski definition) is 1. The van der Waals surface area contributed by atoms with Gasteiger partial charge in [-0.2, -0.15) is 5.10 Å². The summed E-state index contributed by atoms with van der Waals surface area (Å²) in [5.41, 5.74) is 3.21. The fraction of sp³-hybridized carbons (Fsp3) is 0.333. The molecule has 3 nitrogen and oxygen atoms in total. The molecular weight excluding hydrogens is 304 g/mol. The van der Waals surface area contributed by atoms with Gasteiger partial charge < -0.3 is 0 Å². The number of hydrogen-bond acceptors (Lipinski definition) is 2. The monoisotopic (exact) mass is 318 g/mol. The summed E-state index contributed by atoms with van der Waals surface area (Å²) in [6.45, 7) is 0. The molecule has 4 heteroatoms. The van der Waals surface area contributed by atoms with Crippen LogP contribution in [0.5, 0.6) is 0 Å². The molecule has 1 N–H and O–H groups in total. The van der Waals surface area contributed by atoms with Crippen LogP contribution in [0.3, 0.4) is 0 Å². The number of allylic oxidation sites excluding steroid dienone is 2. The summed E-state index contributed by atoms with van der Waals surface area (Å²) in [6.07, 6.45) is 8.88. The van der Waals surface area contributed by atoms with Gasteiger partial charge in [-0.1, -0.05) is 24.3 Å². The van der Waals surface area contributed by atoms with Crippen LogP contribution in [0.2, 0.25) is 0 Å². The Morgan fingerprint density at radius 3 is 2.84 bits per heavy atom. The van der Waals surface area contributed by atoms with Crippen molar-refractivity contribution in [3.8, 4) is 0 Å². The third kappa shape index (κ3) is 2.63. The average Bonchev–Trinajstić information content (AvgIpc) is 3.01. The number of carbonyl (C=O) groups excluding carboxylic acids is 1. The first-order valence-electron chi connectivity index (χ1n) is 6.50. The number of nitrogens with zero attached hydrogens (tertiary/aromatic N) is 1. The SMILES string of the molecule is O=C(N/N=C\[C@H]1C[C@@H]2C=C[C@H]1C2)c1ccccc1Br. The van der Waals surface area contributed by atoms with Gasteiger partial charge in [0.05, 0.1) is 5.56 Å². The zero-order chi connectivity index (χ0) is 13.2. The van der Waals surface area contributed by atoms with Crippen molar-refractivity contribution in [1.29, 1.82) is 0 Å². The highest BCUT2D eigenvalue weighted by molar-refractivity contribution is 9.10. The maximum atomic E-state index is 11.9. The molecule has 3 atom stereocenters. The van der Waals surface area contributed by atoms with E-state index in [1.807, 2.05) is 24.4 Å². The number of rotatable bonds is 3. The molecule has 2 aliphatic carbocycles. The third-order valence-corrected chi connectivity index (χ3v) is 4.57. The first kappa shape index (κ1) is 12.6. The molecule has 1 aromatic rings. The molecule has 0 heterocycles. The van der Waals surface area contributed by atoms with Crippen molar-refractivity contribution in [2.75, 3.05) is 0 Å². The normalized spacial score (nSPS) is 28.2. The Hall–Kier alpha value is -1.42. The lowest BCUT2D eigenvalue weighted by molar-refractivity contribution is 0.0954. The predicted molar refractivity (Wildman–Crippen MR) is 78.9 cm³/mol. The van der Waals surface area contributed by atoms with Gasteiger partial charge in [0.25, 0.3) is 5.91 Å². The molecule has 1 aromatic carbocycles. The quantitative estimate of drug-likeness (QED) is 0.518. The number of benzene rings is 1. The molecular formula is C15H15BrN2O. The second kappa shape index (κ2) is 5.29. The molecule has 19 heavy (non-hydrogen) atoms. The second-order valence-corrected chi connectivity index (χ2v) is 6.00. The predicted octanol–water partition coefficient (Wildman–Crippen LogP) is 3.38. The lowest BCUT2D eigenvalue weighted by Gasteiger charge is -2.12. The van der Waals surface area contributed by atoms with E-state index in [1.165, 1.54) is 6.42 Å². The van der Waals surface area contributed by atoms with Crippen molar-refractivity contribution in [2.24, 2.45) is 22.9 Å². The maximum absolute atomic E-state index is 11.9. The lowest BCUT2D eigenvalue weighted by Crippen LogP contribution is -2.19. The van der Waals surface area contributed by atoms with Gasteiger partial charge in [0.1, 0.15) is 0 Å². The van der Waals surface area contributed by atoms with Crippen LogP contribution in [0, 0.1) is 17.8 Å². The van der Waals surface area contributed by atoms with Crippen molar-refractivity contribution in [3.05, 3.63) is 46.5 Å². The molecule has 0 saturated heterocycles. The smallest absolute Gasteiger partial charge is 0.267 e. The van der Waals surface area contributed by atoms with E-state index in [0.29, 0.717) is 17.4 Å². The largest absolute Gasteiger partial charge is 0.272 e. The Labute approximate surface area is 120 Å². The number of halogens is 1. The van der Waals surface area contributed by atoms with Gasteiger partial charge in [0, 0.05) is 16.6 Å². The molecule has 3 rings (SSSR count). The zero-order valence-electron chi connectivity index (χ0n) is 10.4. The summed E-state index contributed by atoms with van der Waals surface area (Å²) >= 11 is 3.36. The molecule has 1 fully saturated rings. The van der Waals surface area contributed by atoms with E-state index < -0.39 is 0 Å². The van der Waals surface area contributed by atoms with E-state index >= 15 is 0 Å². The summed E-state index contributed by atoms with van der Waals surface area (Å²) in [7, 11) is 0. The van der Waals surface area contributed by atoms with Crippen molar-refractivity contribution in [3.63, 3.8) is 0 Å². The van der Waals surface area contributed by atoms with Crippen LogP contribution < -0.4 is 5.43 Å². The van der Waals surface area contributed by atoms with E-state index in [-0.39, 0.29) is 5.91 Å². The Kier molecular flexibility index (Phi) is 3.51. The maximum Gasteiger partial charge on any atom is 0.272 e. The molecule has 2 bridgehead atoms. The summed E-state index contributed by atoms with van der Waals surface area (Å²) in [4.78, 5) is 11.9. The topological polar surface area (TPSA) is 41.5 Å². The summed E-state index contributed by atoms with van der Waals surface area (Å²) < 4.78 is 0.783. The minimum Gasteiger partial charge on any atom is -0.267 e. The van der Waals surface area contributed by atoms with E-state index in [1.54, 1.807) is 6.07 Å². The van der Waals surface area contributed by atoms with Crippen LogP contribution in [0.25, 0.3) is 0 Å². The van der Waals surface area contributed by atoms with Crippen LogP contribution in [0.1, 0.15) is 23.2 Å². The van der Waals surface area contributed by atoms with Crippen LogP contribution >= 0.6 is 15.9 Å². The number of amides is 1. The zero-order valence-corrected chi connectivity index (χ0v) is 12.0. The highest BCUT2D eigenvalue weighted by Crippen LogP contribution is 2.42. The van der Waals surface area contributed by atoms with Crippen molar-refractivity contribution < 1.29 is 4.79 Å². The molecule has 0 aliphatic heterocycles. The molecule has 0 spiro atoms. The number of fused-ring (bicyclic) bond motifs is 2. The Balaban J connectivity index is 1.59. The number of hydrazone groups is 1. The van der Waals surface area contributed by atoms with Crippen LogP contribution in [-0.4, -0.2) is 12.1 Å². The van der Waals surface area contributed by atoms with Gasteiger partial charge in [-0.15, -0.1) is 0 Å². The molecule has 1 amide bonds. The van der Waals surface area contributed by atoms with E-state index in [0.717, 1.165) is 16.8 Å². The number of nitrogens with one attached hydrogen (secondary N) is 1. The van der Waals surface area contributed by atoms with E-state index in [9.17, 15) is 4.79 Å². The first-order chi connectivity index (χ1) is 9.24. The number of carbonyl (C=O) groups is 1. The Morgan fingerprint density at radius 2 is 2.16 bits per heavy atom. The van der Waals surface area contributed by atoms with Gasteiger partial charge in [-0.05, 0) is 52.7 Å². The van der Waals surface area contributed by atoms with Gasteiger partial charge >= 0.3 is 0 Å². The minimum absolute atomic E-state index is 0.178. The molecule has 0 unspecified atom stereocenters. The Morgan fingerprint density at radius 1 is 1.32 bits per heavy atom. The van der Waals surface area contributed by atoms with Crippen LogP contribution in [-0.2, 0) is 0 Å². The molecule has 2 aliphatic rings.